The lowest BCUT2D eigenvalue weighted by molar-refractivity contribution is 0.0511. The Balaban J connectivity index is 1.69. The molecule has 2 N–H and O–H groups in total. The second-order valence-corrected chi connectivity index (χ2v) is 7.19. The standard InChI is InChI=1S/C22H28N2O2/c1-26-17-22(11-13-23-14-12-22)16-24-21(25)20-10-6-5-9-19(20)15-18-7-3-2-4-8-18/h2-10,23H,11-17H2,1H3,(H,24,25). The predicted molar refractivity (Wildman–Crippen MR) is 104 cm³/mol. The normalized spacial score (nSPS) is 16.2. The summed E-state index contributed by atoms with van der Waals surface area (Å²) in [5, 5.41) is 6.56. The second-order valence-electron chi connectivity index (χ2n) is 7.19. The average molecular weight is 352 g/mol. The fourth-order valence-corrected chi connectivity index (χ4v) is 3.71. The van der Waals surface area contributed by atoms with Crippen LogP contribution in [-0.4, -0.2) is 39.3 Å². The summed E-state index contributed by atoms with van der Waals surface area (Å²) in [5.41, 5.74) is 3.06. The third-order valence-electron chi connectivity index (χ3n) is 5.24. The molecule has 2 aromatic carbocycles. The lowest BCUT2D eigenvalue weighted by Crippen LogP contribution is -2.47. The fourth-order valence-electron chi connectivity index (χ4n) is 3.71. The van der Waals surface area contributed by atoms with Crippen molar-refractivity contribution in [2.45, 2.75) is 19.3 Å². The molecule has 1 saturated heterocycles. The number of hydrogen-bond acceptors (Lipinski definition) is 3. The Morgan fingerprint density at radius 3 is 2.50 bits per heavy atom. The number of amides is 1. The summed E-state index contributed by atoms with van der Waals surface area (Å²) >= 11 is 0. The lowest BCUT2D eigenvalue weighted by Gasteiger charge is -2.37. The Hall–Kier alpha value is -2.17. The number of benzene rings is 2. The van der Waals surface area contributed by atoms with Crippen molar-refractivity contribution in [2.75, 3.05) is 33.4 Å². The summed E-state index contributed by atoms with van der Waals surface area (Å²) in [7, 11) is 1.74. The molecule has 0 radical (unpaired) electrons. The van der Waals surface area contributed by atoms with Crippen LogP contribution in [0.4, 0.5) is 0 Å². The number of rotatable bonds is 7. The van der Waals surface area contributed by atoms with Crippen LogP contribution in [0.1, 0.15) is 34.3 Å². The molecule has 0 unspecified atom stereocenters. The monoisotopic (exact) mass is 352 g/mol. The minimum absolute atomic E-state index is 0.00513. The maximum Gasteiger partial charge on any atom is 0.251 e. The highest BCUT2D eigenvalue weighted by Gasteiger charge is 2.32. The number of methoxy groups -OCH3 is 1. The topological polar surface area (TPSA) is 50.4 Å². The van der Waals surface area contributed by atoms with Crippen LogP contribution in [0, 0.1) is 5.41 Å². The van der Waals surface area contributed by atoms with Crippen molar-refractivity contribution < 1.29 is 9.53 Å². The number of piperidine rings is 1. The molecule has 1 amide bonds. The van der Waals surface area contributed by atoms with Gasteiger partial charge in [-0.05, 0) is 49.5 Å². The van der Waals surface area contributed by atoms with E-state index in [1.165, 1.54) is 5.56 Å². The zero-order valence-corrected chi connectivity index (χ0v) is 15.5. The van der Waals surface area contributed by atoms with Crippen molar-refractivity contribution in [3.63, 3.8) is 0 Å². The molecular formula is C22H28N2O2. The largest absolute Gasteiger partial charge is 0.384 e. The van der Waals surface area contributed by atoms with Gasteiger partial charge < -0.3 is 15.4 Å². The Bertz CT molecular complexity index is 704. The zero-order valence-electron chi connectivity index (χ0n) is 15.5. The van der Waals surface area contributed by atoms with Crippen molar-refractivity contribution in [1.82, 2.24) is 10.6 Å². The number of ether oxygens (including phenoxy) is 1. The van der Waals surface area contributed by atoms with E-state index in [1.807, 2.05) is 42.5 Å². The summed E-state index contributed by atoms with van der Waals surface area (Å²) in [6.07, 6.45) is 2.80. The fraction of sp³-hybridized carbons (Fsp3) is 0.409. The summed E-state index contributed by atoms with van der Waals surface area (Å²) in [6.45, 7) is 3.29. The predicted octanol–water partition coefficient (Wildman–Crippen LogP) is 3.02. The second kappa shape index (κ2) is 8.97. The molecule has 138 valence electrons. The smallest absolute Gasteiger partial charge is 0.251 e. The third-order valence-corrected chi connectivity index (χ3v) is 5.24. The van der Waals surface area contributed by atoms with Gasteiger partial charge in [-0.2, -0.15) is 0 Å². The van der Waals surface area contributed by atoms with Gasteiger partial charge >= 0.3 is 0 Å². The van der Waals surface area contributed by atoms with Crippen LogP contribution in [0.3, 0.4) is 0 Å². The zero-order chi connectivity index (χ0) is 18.2. The first-order valence-corrected chi connectivity index (χ1v) is 9.32. The van der Waals surface area contributed by atoms with Gasteiger partial charge in [0.2, 0.25) is 0 Å². The minimum Gasteiger partial charge on any atom is -0.384 e. The first-order valence-electron chi connectivity index (χ1n) is 9.32. The van der Waals surface area contributed by atoms with E-state index in [4.69, 9.17) is 4.74 Å². The van der Waals surface area contributed by atoms with E-state index in [9.17, 15) is 4.79 Å². The minimum atomic E-state index is 0.00513. The highest BCUT2D eigenvalue weighted by Crippen LogP contribution is 2.28. The molecule has 0 bridgehead atoms. The van der Waals surface area contributed by atoms with Crippen LogP contribution >= 0.6 is 0 Å². The summed E-state index contributed by atoms with van der Waals surface area (Å²) in [6, 6.07) is 18.1. The molecule has 3 rings (SSSR count). The quantitative estimate of drug-likeness (QED) is 0.805. The van der Waals surface area contributed by atoms with Crippen LogP contribution in [0.25, 0.3) is 0 Å². The van der Waals surface area contributed by atoms with Gasteiger partial charge in [-0.25, -0.2) is 0 Å². The SMILES string of the molecule is COCC1(CNC(=O)c2ccccc2Cc2ccccc2)CCNCC1. The third kappa shape index (κ3) is 4.71. The van der Waals surface area contributed by atoms with E-state index in [2.05, 4.69) is 22.8 Å². The van der Waals surface area contributed by atoms with E-state index >= 15 is 0 Å². The van der Waals surface area contributed by atoms with Crippen molar-refractivity contribution >= 4 is 5.91 Å². The number of carbonyl (C=O) groups excluding carboxylic acids is 1. The highest BCUT2D eigenvalue weighted by molar-refractivity contribution is 5.95. The van der Waals surface area contributed by atoms with Gasteiger partial charge in [0.1, 0.15) is 0 Å². The maximum absolute atomic E-state index is 12.9. The maximum atomic E-state index is 12.9. The van der Waals surface area contributed by atoms with Gasteiger partial charge in [-0.1, -0.05) is 48.5 Å². The van der Waals surface area contributed by atoms with Gasteiger partial charge in [0, 0.05) is 24.6 Å². The van der Waals surface area contributed by atoms with Crippen molar-refractivity contribution in [3.8, 4) is 0 Å². The molecule has 4 nitrogen and oxygen atoms in total. The molecule has 0 spiro atoms. The summed E-state index contributed by atoms with van der Waals surface area (Å²) in [5.74, 6) is 0.00513. The van der Waals surface area contributed by atoms with Crippen molar-refractivity contribution in [1.29, 1.82) is 0 Å². The summed E-state index contributed by atoms with van der Waals surface area (Å²) in [4.78, 5) is 12.9. The Labute approximate surface area is 156 Å². The van der Waals surface area contributed by atoms with Crippen LogP contribution in [0.5, 0.6) is 0 Å². The van der Waals surface area contributed by atoms with Gasteiger partial charge in [-0.3, -0.25) is 4.79 Å². The first-order chi connectivity index (χ1) is 12.7. The van der Waals surface area contributed by atoms with Crippen molar-refractivity contribution in [2.24, 2.45) is 5.41 Å². The van der Waals surface area contributed by atoms with Gasteiger partial charge in [0.05, 0.1) is 6.61 Å². The van der Waals surface area contributed by atoms with Crippen LogP contribution < -0.4 is 10.6 Å². The molecule has 1 fully saturated rings. The Kier molecular flexibility index (Phi) is 6.42. The molecule has 2 aromatic rings. The molecule has 1 aliphatic rings. The van der Waals surface area contributed by atoms with E-state index in [-0.39, 0.29) is 11.3 Å². The van der Waals surface area contributed by atoms with E-state index in [0.717, 1.165) is 43.5 Å². The first kappa shape index (κ1) is 18.6. The lowest BCUT2D eigenvalue weighted by atomic mass is 9.79. The molecule has 1 heterocycles. The van der Waals surface area contributed by atoms with Gasteiger partial charge in [0.25, 0.3) is 5.91 Å². The molecule has 1 aliphatic heterocycles. The van der Waals surface area contributed by atoms with Crippen LogP contribution in [0.15, 0.2) is 54.6 Å². The number of hydrogen-bond donors (Lipinski definition) is 2. The van der Waals surface area contributed by atoms with Crippen LogP contribution in [0.2, 0.25) is 0 Å². The molecule has 0 saturated carbocycles. The Morgan fingerprint density at radius 1 is 1.08 bits per heavy atom. The molecule has 0 aromatic heterocycles. The number of carbonyl (C=O) groups is 1. The van der Waals surface area contributed by atoms with E-state index in [1.54, 1.807) is 7.11 Å². The van der Waals surface area contributed by atoms with E-state index < -0.39 is 0 Å². The molecule has 0 aliphatic carbocycles. The molecular weight excluding hydrogens is 324 g/mol. The molecule has 0 atom stereocenters. The van der Waals surface area contributed by atoms with Crippen LogP contribution in [-0.2, 0) is 11.2 Å². The average Bonchev–Trinajstić information content (AvgIpc) is 2.68. The van der Waals surface area contributed by atoms with Crippen molar-refractivity contribution in [3.05, 3.63) is 71.3 Å². The van der Waals surface area contributed by atoms with Gasteiger partial charge in [-0.15, -0.1) is 0 Å². The summed E-state index contributed by atoms with van der Waals surface area (Å²) < 4.78 is 5.45. The molecule has 26 heavy (non-hydrogen) atoms. The number of nitrogens with one attached hydrogen (secondary N) is 2. The highest BCUT2D eigenvalue weighted by atomic mass is 16.5. The van der Waals surface area contributed by atoms with E-state index in [0.29, 0.717) is 13.2 Å². The Morgan fingerprint density at radius 2 is 1.77 bits per heavy atom. The molecule has 4 heteroatoms. The van der Waals surface area contributed by atoms with Gasteiger partial charge in [0.15, 0.2) is 0 Å².